The van der Waals surface area contributed by atoms with Crippen molar-refractivity contribution < 1.29 is 19.1 Å². The van der Waals surface area contributed by atoms with E-state index in [1.165, 1.54) is 5.01 Å². The number of ether oxygens (including phenoxy) is 1. The third-order valence-corrected chi connectivity index (χ3v) is 4.90. The molecule has 2 aromatic rings. The molecule has 9 heteroatoms. The summed E-state index contributed by atoms with van der Waals surface area (Å²) in [6.07, 6.45) is 0. The number of amides is 3. The molecule has 2 heterocycles. The summed E-state index contributed by atoms with van der Waals surface area (Å²) in [7, 11) is 0. The number of imide groups is 1. The zero-order valence-electron chi connectivity index (χ0n) is 16.6. The van der Waals surface area contributed by atoms with Crippen molar-refractivity contribution >= 4 is 29.1 Å². The molecule has 0 radical (unpaired) electrons. The Morgan fingerprint density at radius 1 is 1.07 bits per heavy atom. The van der Waals surface area contributed by atoms with Crippen molar-refractivity contribution in [3.8, 4) is 5.75 Å². The van der Waals surface area contributed by atoms with Gasteiger partial charge in [0.1, 0.15) is 12.3 Å². The van der Waals surface area contributed by atoms with Crippen LogP contribution < -0.4 is 15.0 Å². The van der Waals surface area contributed by atoms with Gasteiger partial charge in [0.15, 0.2) is 12.1 Å². The van der Waals surface area contributed by atoms with Gasteiger partial charge in [-0.2, -0.15) is 5.11 Å². The Kier molecular flexibility index (Phi) is 5.18. The van der Waals surface area contributed by atoms with Gasteiger partial charge in [0.2, 0.25) is 5.91 Å². The number of nitrogens with zero attached hydrogens (tertiary/aromatic N) is 4. The van der Waals surface area contributed by atoms with Gasteiger partial charge < -0.3 is 10.1 Å². The van der Waals surface area contributed by atoms with Gasteiger partial charge >= 0.3 is 0 Å². The van der Waals surface area contributed by atoms with Crippen molar-refractivity contribution in [2.75, 3.05) is 23.4 Å². The maximum Gasteiger partial charge on any atom is 0.263 e. The summed E-state index contributed by atoms with van der Waals surface area (Å²) in [5.74, 6) is -0.537. The van der Waals surface area contributed by atoms with Gasteiger partial charge in [0, 0.05) is 5.69 Å². The highest BCUT2D eigenvalue weighted by molar-refractivity contribution is 6.25. The molecule has 3 amide bonds. The van der Waals surface area contributed by atoms with E-state index < -0.39 is 23.9 Å². The van der Waals surface area contributed by atoms with Crippen molar-refractivity contribution in [1.82, 2.24) is 5.01 Å². The van der Waals surface area contributed by atoms with Crippen LogP contribution in [0.1, 0.15) is 12.5 Å². The molecule has 1 fully saturated rings. The van der Waals surface area contributed by atoms with Crippen molar-refractivity contribution in [3.05, 3.63) is 54.1 Å². The zero-order valence-corrected chi connectivity index (χ0v) is 16.6. The minimum absolute atomic E-state index is 0.196. The first-order valence-electron chi connectivity index (χ1n) is 9.62. The van der Waals surface area contributed by atoms with Crippen LogP contribution in [-0.4, -0.2) is 48.0 Å². The topological polar surface area (TPSA) is 104 Å². The predicted molar refractivity (Wildman–Crippen MR) is 109 cm³/mol. The molecule has 4 rings (SSSR count). The van der Waals surface area contributed by atoms with E-state index in [1.54, 1.807) is 36.4 Å². The first-order valence-corrected chi connectivity index (χ1v) is 9.62. The Hall–Kier alpha value is -3.75. The molecule has 1 N–H and O–H groups in total. The molecule has 2 aliphatic heterocycles. The lowest BCUT2D eigenvalue weighted by Gasteiger charge is -2.20. The molecule has 2 aromatic carbocycles. The summed E-state index contributed by atoms with van der Waals surface area (Å²) >= 11 is 0. The molecule has 154 valence electrons. The van der Waals surface area contributed by atoms with E-state index in [-0.39, 0.29) is 12.5 Å². The molecule has 0 aromatic heterocycles. The first kappa shape index (κ1) is 19.6. The normalized spacial score (nSPS) is 19.9. The van der Waals surface area contributed by atoms with Crippen LogP contribution in [-0.2, 0) is 14.4 Å². The summed E-state index contributed by atoms with van der Waals surface area (Å²) in [6.45, 7) is 4.17. The van der Waals surface area contributed by atoms with E-state index in [2.05, 4.69) is 15.7 Å². The molecule has 0 spiro atoms. The third-order valence-electron chi connectivity index (χ3n) is 4.90. The van der Waals surface area contributed by atoms with Crippen LogP contribution in [0.15, 0.2) is 58.9 Å². The largest absolute Gasteiger partial charge is 0.494 e. The van der Waals surface area contributed by atoms with Crippen LogP contribution in [0.5, 0.6) is 5.75 Å². The van der Waals surface area contributed by atoms with E-state index in [4.69, 9.17) is 4.74 Å². The molecule has 2 aliphatic rings. The number of hydrogen-bond acceptors (Lipinski definition) is 7. The Balaban J connectivity index is 1.43. The fourth-order valence-corrected chi connectivity index (χ4v) is 3.45. The van der Waals surface area contributed by atoms with Crippen molar-refractivity contribution in [2.24, 2.45) is 10.3 Å². The average molecular weight is 407 g/mol. The van der Waals surface area contributed by atoms with Gasteiger partial charge in [-0.25, -0.2) is 4.90 Å². The smallest absolute Gasteiger partial charge is 0.263 e. The Morgan fingerprint density at radius 3 is 2.43 bits per heavy atom. The molecule has 30 heavy (non-hydrogen) atoms. The first-order chi connectivity index (χ1) is 14.5. The summed E-state index contributed by atoms with van der Waals surface area (Å²) in [6, 6.07) is 12.2. The Bertz CT molecular complexity index is 1000. The number of fused-ring (bicyclic) bond motifs is 1. The minimum Gasteiger partial charge on any atom is -0.494 e. The average Bonchev–Trinajstić information content (AvgIpc) is 3.24. The Labute approximate surface area is 173 Å². The summed E-state index contributed by atoms with van der Waals surface area (Å²) in [5, 5.41) is 11.8. The van der Waals surface area contributed by atoms with Gasteiger partial charge in [0.05, 0.1) is 12.3 Å². The summed E-state index contributed by atoms with van der Waals surface area (Å²) in [4.78, 5) is 39.2. The van der Waals surface area contributed by atoms with Gasteiger partial charge in [-0.15, -0.1) is 0 Å². The fourth-order valence-electron chi connectivity index (χ4n) is 3.45. The van der Waals surface area contributed by atoms with E-state index >= 15 is 0 Å². The summed E-state index contributed by atoms with van der Waals surface area (Å²) in [5.41, 5.74) is 2.09. The second-order valence-electron chi connectivity index (χ2n) is 7.05. The number of aryl methyl sites for hydroxylation is 1. The van der Waals surface area contributed by atoms with Gasteiger partial charge in [-0.3, -0.25) is 19.4 Å². The number of anilines is 2. The maximum absolute atomic E-state index is 12.9. The van der Waals surface area contributed by atoms with E-state index in [0.29, 0.717) is 23.7 Å². The van der Waals surface area contributed by atoms with Crippen LogP contribution >= 0.6 is 0 Å². The quantitative estimate of drug-likeness (QED) is 0.740. The zero-order chi connectivity index (χ0) is 21.3. The van der Waals surface area contributed by atoms with Crippen molar-refractivity contribution in [1.29, 1.82) is 0 Å². The van der Waals surface area contributed by atoms with Crippen molar-refractivity contribution in [3.63, 3.8) is 0 Å². The highest BCUT2D eigenvalue weighted by Gasteiger charge is 2.55. The second-order valence-corrected chi connectivity index (χ2v) is 7.05. The highest BCUT2D eigenvalue weighted by Crippen LogP contribution is 2.31. The monoisotopic (exact) mass is 407 g/mol. The fraction of sp³-hybridized carbons (Fsp3) is 0.286. The van der Waals surface area contributed by atoms with Crippen LogP contribution in [0, 0.1) is 6.92 Å². The number of rotatable bonds is 6. The molecule has 0 bridgehead atoms. The van der Waals surface area contributed by atoms with Gasteiger partial charge in [-0.1, -0.05) is 22.9 Å². The van der Waals surface area contributed by atoms with Crippen LogP contribution in [0.25, 0.3) is 0 Å². The molecule has 0 aliphatic carbocycles. The van der Waals surface area contributed by atoms with E-state index in [9.17, 15) is 14.4 Å². The maximum atomic E-state index is 12.9. The summed E-state index contributed by atoms with van der Waals surface area (Å²) < 4.78 is 5.37. The molecular formula is C21H21N5O4. The Morgan fingerprint density at radius 2 is 1.77 bits per heavy atom. The van der Waals surface area contributed by atoms with Gasteiger partial charge in [-0.05, 0) is 50.2 Å². The number of carbonyl (C=O) groups excluding carboxylic acids is 3. The molecule has 0 unspecified atom stereocenters. The van der Waals surface area contributed by atoms with Gasteiger partial charge in [0.25, 0.3) is 11.8 Å². The predicted octanol–water partition coefficient (Wildman–Crippen LogP) is 2.33. The third kappa shape index (κ3) is 3.61. The number of nitrogens with one attached hydrogen (secondary N) is 1. The van der Waals surface area contributed by atoms with Crippen LogP contribution in [0.4, 0.5) is 11.4 Å². The van der Waals surface area contributed by atoms with E-state index in [0.717, 1.165) is 10.5 Å². The molecule has 2 atom stereocenters. The molecule has 0 saturated carbocycles. The SMILES string of the molecule is CCOc1ccc(NC(=O)CN2N=N[C@@H]3C(=O)N(c4ccc(C)cc4)C(=O)[C@@H]32)cc1. The molecule has 9 nitrogen and oxygen atoms in total. The standard InChI is InChI=1S/C21H21N5O4/c1-3-30-16-10-6-14(7-11-16)22-17(27)12-25-19-18(23-24-25)20(28)26(21(19)29)15-8-4-13(2)5-9-15/h4-11,18-19H,3,12H2,1-2H3,(H,22,27)/t18-,19+/m0/s1. The number of carbonyl (C=O) groups is 3. The highest BCUT2D eigenvalue weighted by atomic mass is 16.5. The number of hydrogen-bond donors (Lipinski definition) is 1. The van der Waals surface area contributed by atoms with Crippen LogP contribution in [0.2, 0.25) is 0 Å². The lowest BCUT2D eigenvalue weighted by atomic mass is 10.1. The lowest BCUT2D eigenvalue weighted by Crippen LogP contribution is -2.43. The lowest BCUT2D eigenvalue weighted by molar-refractivity contribution is -0.123. The molecular weight excluding hydrogens is 386 g/mol. The molecule has 1 saturated heterocycles. The van der Waals surface area contributed by atoms with Crippen molar-refractivity contribution in [2.45, 2.75) is 25.9 Å². The number of benzene rings is 2. The van der Waals surface area contributed by atoms with Crippen LogP contribution in [0.3, 0.4) is 0 Å². The van der Waals surface area contributed by atoms with E-state index in [1.807, 2.05) is 26.0 Å². The minimum atomic E-state index is -0.933. The second kappa shape index (κ2) is 7.94.